The molecule has 0 radical (unpaired) electrons. The number of esters is 1. The van der Waals surface area contributed by atoms with E-state index in [1.54, 1.807) is 36.4 Å². The van der Waals surface area contributed by atoms with Crippen LogP contribution in [0.2, 0.25) is 0 Å². The summed E-state index contributed by atoms with van der Waals surface area (Å²) in [7, 11) is 3.05. The number of carbonyl (C=O) groups excluding carboxylic acids is 2. The van der Waals surface area contributed by atoms with E-state index in [0.717, 1.165) is 0 Å². The molecule has 0 atom stereocenters. The monoisotopic (exact) mass is 387 g/mol. The van der Waals surface area contributed by atoms with Gasteiger partial charge in [0.15, 0.2) is 6.61 Å². The molecule has 0 spiro atoms. The first-order valence-corrected chi connectivity index (χ1v) is 8.60. The minimum absolute atomic E-state index is 0.244. The van der Waals surface area contributed by atoms with E-state index >= 15 is 0 Å². The number of amides is 1. The molecule has 6 nitrogen and oxygen atoms in total. The molecule has 2 rings (SSSR count). The first-order chi connectivity index (χ1) is 13.5. The maximum atomic E-state index is 13.5. The molecule has 0 aromatic heterocycles. The fourth-order valence-electron chi connectivity index (χ4n) is 2.40. The maximum Gasteiger partial charge on any atom is 0.331 e. The zero-order valence-corrected chi connectivity index (χ0v) is 15.7. The van der Waals surface area contributed by atoms with Crippen molar-refractivity contribution in [2.45, 2.75) is 6.42 Å². The van der Waals surface area contributed by atoms with Gasteiger partial charge in [-0.3, -0.25) is 4.79 Å². The molecular weight excluding hydrogens is 365 g/mol. The predicted molar refractivity (Wildman–Crippen MR) is 103 cm³/mol. The third-order valence-electron chi connectivity index (χ3n) is 3.86. The molecule has 0 unspecified atom stereocenters. The van der Waals surface area contributed by atoms with E-state index in [4.69, 9.17) is 14.2 Å². The number of ether oxygens (including phenoxy) is 3. The van der Waals surface area contributed by atoms with Crippen molar-refractivity contribution >= 4 is 18.0 Å². The summed E-state index contributed by atoms with van der Waals surface area (Å²) in [6, 6.07) is 11.5. The van der Waals surface area contributed by atoms with Crippen molar-refractivity contribution < 1.29 is 28.2 Å². The van der Waals surface area contributed by atoms with E-state index in [9.17, 15) is 14.0 Å². The van der Waals surface area contributed by atoms with Crippen LogP contribution in [-0.4, -0.2) is 39.2 Å². The van der Waals surface area contributed by atoms with Crippen LogP contribution in [0.3, 0.4) is 0 Å². The van der Waals surface area contributed by atoms with Crippen molar-refractivity contribution in [2.24, 2.45) is 0 Å². The number of halogens is 1. The number of hydrogen-bond donors (Lipinski definition) is 1. The second-order valence-electron chi connectivity index (χ2n) is 5.74. The molecule has 0 aliphatic rings. The molecule has 7 heteroatoms. The predicted octanol–water partition coefficient (Wildman–Crippen LogP) is 2.76. The van der Waals surface area contributed by atoms with Crippen LogP contribution < -0.4 is 14.8 Å². The van der Waals surface area contributed by atoms with E-state index < -0.39 is 18.5 Å². The zero-order valence-electron chi connectivity index (χ0n) is 15.7. The normalized spacial score (nSPS) is 10.5. The van der Waals surface area contributed by atoms with Crippen LogP contribution in [0.15, 0.2) is 48.5 Å². The summed E-state index contributed by atoms with van der Waals surface area (Å²) >= 11 is 0. The van der Waals surface area contributed by atoms with Gasteiger partial charge in [0.05, 0.1) is 14.2 Å². The Hall–Kier alpha value is -3.35. The fourth-order valence-corrected chi connectivity index (χ4v) is 2.40. The highest BCUT2D eigenvalue weighted by atomic mass is 19.1. The molecule has 2 aromatic rings. The van der Waals surface area contributed by atoms with Crippen LogP contribution in [0.1, 0.15) is 11.1 Å². The van der Waals surface area contributed by atoms with Gasteiger partial charge >= 0.3 is 5.97 Å². The van der Waals surface area contributed by atoms with Crippen molar-refractivity contribution in [3.05, 3.63) is 65.5 Å². The Bertz CT molecular complexity index is 850. The number of hydrogen-bond acceptors (Lipinski definition) is 5. The first-order valence-electron chi connectivity index (χ1n) is 8.60. The molecule has 1 amide bonds. The van der Waals surface area contributed by atoms with Gasteiger partial charge in [0.2, 0.25) is 0 Å². The van der Waals surface area contributed by atoms with Gasteiger partial charge in [0.25, 0.3) is 5.91 Å². The van der Waals surface area contributed by atoms with Crippen LogP contribution in [0.25, 0.3) is 6.08 Å². The summed E-state index contributed by atoms with van der Waals surface area (Å²) < 4.78 is 28.7. The van der Waals surface area contributed by atoms with Crippen molar-refractivity contribution in [2.75, 3.05) is 27.4 Å². The quantitative estimate of drug-likeness (QED) is 0.529. The van der Waals surface area contributed by atoms with E-state index in [0.29, 0.717) is 29.0 Å². The van der Waals surface area contributed by atoms with Gasteiger partial charge in [-0.05, 0) is 42.3 Å². The number of methoxy groups -OCH3 is 2. The SMILES string of the molecule is COc1ccc(OC)c(/C=C/C(=O)OCC(=O)NCCc2ccccc2F)c1. The lowest BCUT2D eigenvalue weighted by molar-refractivity contribution is -0.143. The van der Waals surface area contributed by atoms with Gasteiger partial charge in [-0.25, -0.2) is 9.18 Å². The Morgan fingerprint density at radius 2 is 1.89 bits per heavy atom. The second-order valence-corrected chi connectivity index (χ2v) is 5.74. The largest absolute Gasteiger partial charge is 0.497 e. The van der Waals surface area contributed by atoms with E-state index in [1.807, 2.05) is 0 Å². The minimum atomic E-state index is -0.672. The highest BCUT2D eigenvalue weighted by Gasteiger charge is 2.07. The number of nitrogens with one attached hydrogen (secondary N) is 1. The molecule has 0 saturated heterocycles. The van der Waals surface area contributed by atoms with Gasteiger partial charge in [0, 0.05) is 18.2 Å². The van der Waals surface area contributed by atoms with Crippen molar-refractivity contribution in [1.29, 1.82) is 0 Å². The Balaban J connectivity index is 1.78. The van der Waals surface area contributed by atoms with Gasteiger partial charge in [0.1, 0.15) is 17.3 Å². The van der Waals surface area contributed by atoms with Crippen LogP contribution in [0.4, 0.5) is 4.39 Å². The standard InChI is InChI=1S/C21H22FNO5/c1-26-17-8-9-19(27-2)16(13-17)7-10-21(25)28-14-20(24)23-12-11-15-5-3-4-6-18(15)22/h3-10,13H,11-12,14H2,1-2H3,(H,23,24)/b10-7+. The third-order valence-corrected chi connectivity index (χ3v) is 3.86. The Labute approximate surface area is 162 Å². The average Bonchev–Trinajstić information content (AvgIpc) is 2.71. The highest BCUT2D eigenvalue weighted by molar-refractivity contribution is 5.89. The lowest BCUT2D eigenvalue weighted by Crippen LogP contribution is -2.30. The minimum Gasteiger partial charge on any atom is -0.497 e. The van der Waals surface area contributed by atoms with Crippen molar-refractivity contribution in [3.8, 4) is 11.5 Å². The summed E-state index contributed by atoms with van der Waals surface area (Å²) in [5.74, 6) is -0.272. The third kappa shape index (κ3) is 6.42. The second kappa shape index (κ2) is 10.7. The molecule has 28 heavy (non-hydrogen) atoms. The lowest BCUT2D eigenvalue weighted by atomic mass is 10.1. The molecule has 0 bridgehead atoms. The average molecular weight is 387 g/mol. The van der Waals surface area contributed by atoms with Gasteiger partial charge < -0.3 is 19.5 Å². The number of carbonyl (C=O) groups is 2. The molecule has 0 fully saturated rings. The fraction of sp³-hybridized carbons (Fsp3) is 0.238. The highest BCUT2D eigenvalue weighted by Crippen LogP contribution is 2.25. The Kier molecular flexibility index (Phi) is 8.02. The smallest absolute Gasteiger partial charge is 0.331 e. The molecule has 148 valence electrons. The Morgan fingerprint density at radius 1 is 1.11 bits per heavy atom. The first kappa shape index (κ1) is 21.0. The van der Waals surface area contributed by atoms with E-state index in [1.165, 1.54) is 32.4 Å². The van der Waals surface area contributed by atoms with Gasteiger partial charge in [-0.1, -0.05) is 18.2 Å². The summed E-state index contributed by atoms with van der Waals surface area (Å²) in [5, 5.41) is 2.58. The maximum absolute atomic E-state index is 13.5. The molecule has 2 aromatic carbocycles. The van der Waals surface area contributed by atoms with E-state index in [-0.39, 0.29) is 12.4 Å². The molecule has 0 heterocycles. The van der Waals surface area contributed by atoms with Crippen LogP contribution >= 0.6 is 0 Å². The number of benzene rings is 2. The van der Waals surface area contributed by atoms with E-state index in [2.05, 4.69) is 5.32 Å². The summed E-state index contributed by atoms with van der Waals surface area (Å²) in [5.41, 5.74) is 1.14. The molecule has 0 aliphatic carbocycles. The van der Waals surface area contributed by atoms with Crippen LogP contribution in [-0.2, 0) is 20.7 Å². The molecule has 0 saturated carbocycles. The summed E-state index contributed by atoms with van der Waals surface area (Å²) in [6.07, 6.45) is 3.06. The summed E-state index contributed by atoms with van der Waals surface area (Å²) in [4.78, 5) is 23.5. The van der Waals surface area contributed by atoms with Crippen molar-refractivity contribution in [1.82, 2.24) is 5.32 Å². The molecule has 1 N–H and O–H groups in total. The topological polar surface area (TPSA) is 73.9 Å². The summed E-state index contributed by atoms with van der Waals surface area (Å²) in [6.45, 7) is -0.177. The number of rotatable bonds is 9. The molecule has 0 aliphatic heterocycles. The zero-order chi connectivity index (χ0) is 20.4. The van der Waals surface area contributed by atoms with Crippen LogP contribution in [0, 0.1) is 5.82 Å². The Morgan fingerprint density at radius 3 is 2.61 bits per heavy atom. The molecular formula is C21H22FNO5. The van der Waals surface area contributed by atoms with Crippen molar-refractivity contribution in [3.63, 3.8) is 0 Å². The van der Waals surface area contributed by atoms with Gasteiger partial charge in [-0.2, -0.15) is 0 Å². The van der Waals surface area contributed by atoms with Crippen LogP contribution in [0.5, 0.6) is 11.5 Å². The van der Waals surface area contributed by atoms with Gasteiger partial charge in [-0.15, -0.1) is 0 Å². The lowest BCUT2D eigenvalue weighted by Gasteiger charge is -2.07.